The Morgan fingerprint density at radius 3 is 2.71 bits per heavy atom. The number of methoxy groups -OCH3 is 1. The molecule has 1 saturated heterocycles. The monoisotopic (exact) mass is 589 g/mol. The zero-order valence-corrected chi connectivity index (χ0v) is 24.0. The second kappa shape index (κ2) is 11.8. The lowest BCUT2D eigenvalue weighted by molar-refractivity contribution is 0.0520. The molecule has 0 radical (unpaired) electrons. The molecule has 1 aliphatic rings. The number of nitrogens with zero attached hydrogens (tertiary/aromatic N) is 5. The van der Waals surface area contributed by atoms with E-state index in [1.54, 1.807) is 23.9 Å². The third kappa shape index (κ3) is 5.44. The van der Waals surface area contributed by atoms with E-state index in [0.29, 0.717) is 41.4 Å². The summed E-state index contributed by atoms with van der Waals surface area (Å²) in [6.07, 6.45) is 4.66. The van der Waals surface area contributed by atoms with Gasteiger partial charge in [-0.25, -0.2) is 28.1 Å². The van der Waals surface area contributed by atoms with Gasteiger partial charge in [-0.2, -0.15) is 5.10 Å². The maximum Gasteiger partial charge on any atom is 0.357 e. The van der Waals surface area contributed by atoms with Gasteiger partial charge in [0.05, 0.1) is 31.0 Å². The van der Waals surface area contributed by atoms with Crippen molar-refractivity contribution in [2.45, 2.75) is 38.6 Å². The maximum atomic E-state index is 14.8. The van der Waals surface area contributed by atoms with Crippen molar-refractivity contribution < 1.29 is 23.0 Å². The molecule has 3 aromatic heterocycles. The lowest BCUT2D eigenvalue weighted by Crippen LogP contribution is -2.24. The summed E-state index contributed by atoms with van der Waals surface area (Å²) in [5.41, 5.74) is 3.77. The SMILES string of the molecule is CCOC(=O)c1csc(-c2c(CCc3ccc(OC)cc3)nn3ccc(N4CCCC4c4cc(F)ccc4F)nc23)n1. The second-order valence-electron chi connectivity index (χ2n) is 10.00. The number of hydrogen-bond donors (Lipinski definition) is 0. The van der Waals surface area contributed by atoms with Crippen LogP contribution in [0, 0.1) is 11.6 Å². The molecule has 0 spiro atoms. The number of hydrogen-bond acceptors (Lipinski definition) is 8. The van der Waals surface area contributed by atoms with Crippen molar-refractivity contribution in [2.24, 2.45) is 0 Å². The minimum absolute atomic E-state index is 0.231. The van der Waals surface area contributed by atoms with Crippen LogP contribution in [-0.4, -0.2) is 45.8 Å². The van der Waals surface area contributed by atoms with Crippen LogP contribution in [0.5, 0.6) is 5.75 Å². The highest BCUT2D eigenvalue weighted by Crippen LogP contribution is 2.38. The van der Waals surface area contributed by atoms with E-state index in [4.69, 9.17) is 19.6 Å². The fourth-order valence-corrected chi connectivity index (χ4v) is 6.25. The molecule has 216 valence electrons. The fourth-order valence-electron chi connectivity index (χ4n) is 5.40. The first-order valence-corrected chi connectivity index (χ1v) is 14.7. The van der Waals surface area contributed by atoms with E-state index in [1.807, 2.05) is 41.4 Å². The largest absolute Gasteiger partial charge is 0.497 e. The Hall–Kier alpha value is -4.38. The van der Waals surface area contributed by atoms with Gasteiger partial charge in [0, 0.05) is 23.7 Å². The van der Waals surface area contributed by atoms with Crippen molar-refractivity contribution in [2.75, 3.05) is 25.2 Å². The number of rotatable bonds is 9. The molecule has 11 heteroatoms. The number of ether oxygens (including phenoxy) is 2. The van der Waals surface area contributed by atoms with E-state index in [2.05, 4.69) is 4.98 Å². The van der Waals surface area contributed by atoms with Gasteiger partial charge in [-0.1, -0.05) is 12.1 Å². The van der Waals surface area contributed by atoms with Gasteiger partial charge in [0.25, 0.3) is 0 Å². The summed E-state index contributed by atoms with van der Waals surface area (Å²) in [6.45, 7) is 2.66. The standard InChI is InChI=1S/C31H29F2N5O3S/c1-3-41-31(39)25-18-42-30(34-25)28-24(13-8-19-6-10-21(40-2)11-7-19)36-38-16-14-27(35-29(28)38)37-15-4-5-26(37)22-17-20(32)9-12-23(22)33/h6-7,9-12,14,16-18,26H,3-5,8,13,15H2,1-2H3. The summed E-state index contributed by atoms with van der Waals surface area (Å²) in [5.74, 6) is 0.0362. The average Bonchev–Trinajstić information content (AvgIpc) is 3.76. The van der Waals surface area contributed by atoms with Crippen molar-refractivity contribution in [3.05, 3.63) is 94.3 Å². The number of thiazole rings is 1. The molecule has 0 bridgehead atoms. The fraction of sp³-hybridized carbons (Fsp3) is 0.290. The highest BCUT2D eigenvalue weighted by atomic mass is 32.1. The quantitative estimate of drug-likeness (QED) is 0.183. The Kier molecular flexibility index (Phi) is 7.84. The zero-order valence-electron chi connectivity index (χ0n) is 23.2. The summed E-state index contributed by atoms with van der Waals surface area (Å²) in [6, 6.07) is 13.0. The number of aromatic nitrogens is 4. The molecule has 6 rings (SSSR count). The predicted octanol–water partition coefficient (Wildman–Crippen LogP) is 6.44. The van der Waals surface area contributed by atoms with Gasteiger partial charge in [0.2, 0.25) is 0 Å². The van der Waals surface area contributed by atoms with Crippen LogP contribution in [0.25, 0.3) is 16.2 Å². The molecule has 2 aromatic carbocycles. The Bertz CT molecular complexity index is 1740. The lowest BCUT2D eigenvalue weighted by Gasteiger charge is -2.26. The van der Waals surface area contributed by atoms with Crippen molar-refractivity contribution in [3.8, 4) is 16.3 Å². The van der Waals surface area contributed by atoms with Gasteiger partial charge in [-0.3, -0.25) is 0 Å². The van der Waals surface area contributed by atoms with Gasteiger partial charge >= 0.3 is 5.97 Å². The molecule has 0 saturated carbocycles. The van der Waals surface area contributed by atoms with E-state index in [9.17, 15) is 13.6 Å². The Balaban J connectivity index is 1.40. The third-order valence-electron chi connectivity index (χ3n) is 7.42. The van der Waals surface area contributed by atoms with Gasteiger partial charge in [-0.15, -0.1) is 11.3 Å². The number of benzene rings is 2. The topological polar surface area (TPSA) is 81.9 Å². The van der Waals surface area contributed by atoms with E-state index in [-0.39, 0.29) is 18.3 Å². The first-order valence-electron chi connectivity index (χ1n) is 13.8. The highest BCUT2D eigenvalue weighted by Gasteiger charge is 2.30. The van der Waals surface area contributed by atoms with Gasteiger partial charge in [0.1, 0.15) is 28.2 Å². The van der Waals surface area contributed by atoms with Crippen LogP contribution in [0.2, 0.25) is 0 Å². The number of esters is 1. The molecule has 1 unspecified atom stereocenters. The maximum absolute atomic E-state index is 14.8. The van der Waals surface area contributed by atoms with Gasteiger partial charge in [-0.05, 0) is 74.6 Å². The predicted molar refractivity (Wildman–Crippen MR) is 156 cm³/mol. The molecule has 42 heavy (non-hydrogen) atoms. The molecule has 0 aliphatic carbocycles. The number of anilines is 1. The molecule has 1 atom stereocenters. The van der Waals surface area contributed by atoms with Crippen LogP contribution in [0.1, 0.15) is 53.1 Å². The minimum Gasteiger partial charge on any atom is -0.497 e. The smallest absolute Gasteiger partial charge is 0.357 e. The van der Waals surface area contributed by atoms with Crippen LogP contribution in [-0.2, 0) is 17.6 Å². The van der Waals surface area contributed by atoms with E-state index in [0.717, 1.165) is 41.5 Å². The summed E-state index contributed by atoms with van der Waals surface area (Å²) >= 11 is 1.33. The summed E-state index contributed by atoms with van der Waals surface area (Å²) in [5, 5.41) is 7.14. The van der Waals surface area contributed by atoms with E-state index in [1.165, 1.54) is 23.5 Å². The molecule has 8 nitrogen and oxygen atoms in total. The van der Waals surface area contributed by atoms with Crippen molar-refractivity contribution in [1.29, 1.82) is 0 Å². The first kappa shape index (κ1) is 27.8. The average molecular weight is 590 g/mol. The molecule has 1 aliphatic heterocycles. The van der Waals surface area contributed by atoms with Gasteiger partial charge < -0.3 is 14.4 Å². The zero-order chi connectivity index (χ0) is 29.2. The molecule has 0 N–H and O–H groups in total. The molecule has 0 amide bonds. The first-order chi connectivity index (χ1) is 20.4. The molecule has 5 aromatic rings. The van der Waals surface area contributed by atoms with Crippen LogP contribution < -0.4 is 9.64 Å². The van der Waals surface area contributed by atoms with Crippen LogP contribution in [0.15, 0.2) is 60.1 Å². The summed E-state index contributed by atoms with van der Waals surface area (Å²) in [4.78, 5) is 24.0. The van der Waals surface area contributed by atoms with Crippen LogP contribution in [0.3, 0.4) is 0 Å². The van der Waals surface area contributed by atoms with Crippen LogP contribution in [0.4, 0.5) is 14.6 Å². The molecular weight excluding hydrogens is 560 g/mol. The normalized spacial score (nSPS) is 15.0. The Labute approximate surface area is 245 Å². The van der Waals surface area contributed by atoms with Gasteiger partial charge in [0.15, 0.2) is 11.3 Å². The number of halogens is 2. The molecular formula is C31H29F2N5O3S. The molecule has 4 heterocycles. The number of fused-ring (bicyclic) bond motifs is 1. The summed E-state index contributed by atoms with van der Waals surface area (Å²) < 4.78 is 41.0. The van der Waals surface area contributed by atoms with E-state index < -0.39 is 17.6 Å². The third-order valence-corrected chi connectivity index (χ3v) is 8.28. The number of aryl methyl sites for hydroxylation is 2. The highest BCUT2D eigenvalue weighted by molar-refractivity contribution is 7.13. The van der Waals surface area contributed by atoms with Crippen molar-refractivity contribution in [1.82, 2.24) is 19.6 Å². The second-order valence-corrected chi connectivity index (χ2v) is 10.9. The van der Waals surface area contributed by atoms with Crippen LogP contribution >= 0.6 is 11.3 Å². The Morgan fingerprint density at radius 1 is 1.10 bits per heavy atom. The van der Waals surface area contributed by atoms with Crippen molar-refractivity contribution in [3.63, 3.8) is 0 Å². The number of carbonyl (C=O) groups excluding carboxylic acids is 1. The lowest BCUT2D eigenvalue weighted by atomic mass is 10.0. The Morgan fingerprint density at radius 2 is 1.93 bits per heavy atom. The summed E-state index contributed by atoms with van der Waals surface area (Å²) in [7, 11) is 1.64. The molecule has 1 fully saturated rings. The number of carbonyl (C=O) groups is 1. The van der Waals surface area contributed by atoms with E-state index >= 15 is 0 Å². The van der Waals surface area contributed by atoms with Crippen molar-refractivity contribution >= 4 is 28.8 Å². The minimum atomic E-state index is -0.484.